The molecule has 18 N–H and O–H groups in total. The molecule has 26 nitrogen and oxygen atoms in total. The molecule has 0 aromatic rings. The summed E-state index contributed by atoms with van der Waals surface area (Å²) in [7, 11) is 1.14. The SMILES string of the molecule is CO[C@@]1(NC(=O)CCC[C@@H](N)C(=O)O)C(=O)N2C(C(=O)O)=C(COC(=O)CC(O)C(CC(N)=O)NC(=O)C(NC(=O)C(N)CCCNC(=O)C(NC(=O)C(N)CCCN)C(C)C)C(C)C)CSC21. The van der Waals surface area contributed by atoms with Crippen LogP contribution in [-0.4, -0.2) is 165 Å². The van der Waals surface area contributed by atoms with Gasteiger partial charge in [0.2, 0.25) is 35.4 Å². The smallest absolute Gasteiger partial charge is 0.352 e. The number of rotatable bonds is 31. The summed E-state index contributed by atoms with van der Waals surface area (Å²) < 4.78 is 10.6. The van der Waals surface area contributed by atoms with Gasteiger partial charge in [-0.1, -0.05) is 27.7 Å². The lowest BCUT2D eigenvalue weighted by Crippen LogP contribution is -2.80. The second-order valence-electron chi connectivity index (χ2n) is 17.2. The van der Waals surface area contributed by atoms with Crippen LogP contribution in [0.2, 0.25) is 0 Å². The number of carboxylic acid groups (broad SMARTS) is 2. The standard InChI is InChI=1S/C41H69N11O15S/c1-19(2)30(49-33(57)22(43)10-7-13-42)35(59)47-14-8-11-23(44)34(58)50-31(20(3)4)36(60)48-25(15-27(46)54)26(53)16-29(56)67-17-21-18-68-40-41(66-5,39(65)52(40)32(21)38(63)64)51-28(55)12-6-9-24(45)37(61)62/h19-20,22-26,30-31,40,53H,6-18,42-45H2,1-5H3,(H2,46,54)(H,47,59)(H,48,60)(H,49,57)(H,50,58)(H,51,55)(H,61,62)(H,63,64)/t22?,23?,24-,25?,26?,30?,31?,40?,41+/m1/s1. The highest BCUT2D eigenvalue weighted by Crippen LogP contribution is 2.46. The highest BCUT2D eigenvalue weighted by Gasteiger charge is 2.66. The van der Waals surface area contributed by atoms with Crippen LogP contribution in [0.25, 0.3) is 0 Å². The number of β-lactam (4-membered cyclic amide) rings is 1. The molecule has 0 bridgehead atoms. The zero-order valence-corrected chi connectivity index (χ0v) is 39.8. The van der Waals surface area contributed by atoms with Gasteiger partial charge in [-0.25, -0.2) is 4.79 Å². The molecule has 2 aliphatic rings. The Kier molecular flexibility index (Phi) is 23.7. The molecule has 1 fully saturated rings. The molecule has 2 rings (SSSR count). The predicted octanol–water partition coefficient (Wildman–Crippen LogP) is -4.49. The van der Waals surface area contributed by atoms with E-state index in [0.717, 1.165) is 23.8 Å². The Hall–Kier alpha value is -5.45. The van der Waals surface area contributed by atoms with Crippen molar-refractivity contribution in [2.24, 2.45) is 40.5 Å². The number of primary amides is 1. The maximum Gasteiger partial charge on any atom is 0.352 e. The van der Waals surface area contributed by atoms with E-state index >= 15 is 0 Å². The number of hydrogen-bond acceptors (Lipinski definition) is 18. The van der Waals surface area contributed by atoms with Gasteiger partial charge < -0.3 is 80.0 Å². The van der Waals surface area contributed by atoms with Gasteiger partial charge in [0.25, 0.3) is 11.6 Å². The van der Waals surface area contributed by atoms with Crippen LogP contribution in [0.3, 0.4) is 0 Å². The van der Waals surface area contributed by atoms with Crippen molar-refractivity contribution in [2.45, 2.75) is 139 Å². The number of hydrogen-bond donors (Lipinski definition) is 13. The average molecular weight is 988 g/mol. The van der Waals surface area contributed by atoms with E-state index in [1.807, 2.05) is 0 Å². The second-order valence-corrected chi connectivity index (χ2v) is 18.2. The Bertz CT molecular complexity index is 1890. The molecule has 0 saturated carbocycles. The molecule has 0 aliphatic carbocycles. The zero-order chi connectivity index (χ0) is 51.6. The van der Waals surface area contributed by atoms with Gasteiger partial charge in [0.15, 0.2) is 0 Å². The lowest BCUT2D eigenvalue weighted by molar-refractivity contribution is -0.192. The van der Waals surface area contributed by atoms with Crippen molar-refractivity contribution >= 4 is 71.0 Å². The maximum atomic E-state index is 13.5. The normalized spacial score (nSPS) is 19.8. The maximum absolute atomic E-state index is 13.5. The first-order valence-electron chi connectivity index (χ1n) is 22.1. The fraction of sp³-hybridized carbons (Fsp3) is 0.707. The van der Waals surface area contributed by atoms with Gasteiger partial charge in [0.1, 0.15) is 35.8 Å². The highest BCUT2D eigenvalue weighted by atomic mass is 32.2. The number of ether oxygens (including phenoxy) is 2. The predicted molar refractivity (Wildman–Crippen MR) is 242 cm³/mol. The Balaban J connectivity index is 2.01. The molecule has 7 amide bonds. The number of carboxylic acids is 2. The van der Waals surface area contributed by atoms with Gasteiger partial charge in [0, 0.05) is 37.8 Å². The number of nitrogens with two attached hydrogens (primary N) is 5. The van der Waals surface area contributed by atoms with Crippen molar-refractivity contribution < 1.29 is 72.7 Å². The monoisotopic (exact) mass is 987 g/mol. The molecule has 0 spiro atoms. The topological polar surface area (TPSA) is 443 Å². The summed E-state index contributed by atoms with van der Waals surface area (Å²) in [6, 6.07) is -6.74. The van der Waals surface area contributed by atoms with Crippen LogP contribution in [0.5, 0.6) is 0 Å². The van der Waals surface area contributed by atoms with Gasteiger partial charge in [-0.3, -0.25) is 48.1 Å². The zero-order valence-electron chi connectivity index (χ0n) is 38.9. The second kappa shape index (κ2) is 27.5. The van der Waals surface area contributed by atoms with E-state index in [1.165, 1.54) is 0 Å². The minimum absolute atomic E-state index is 0.0187. The van der Waals surface area contributed by atoms with Gasteiger partial charge in [-0.05, 0) is 56.9 Å². The third kappa shape index (κ3) is 16.7. The third-order valence-corrected chi connectivity index (χ3v) is 12.4. The molecule has 2 aliphatic heterocycles. The number of nitrogens with zero attached hydrogens (tertiary/aromatic N) is 1. The quantitative estimate of drug-likeness (QED) is 0.0135. The molecule has 0 radical (unpaired) electrons. The van der Waals surface area contributed by atoms with Gasteiger partial charge in [-0.15, -0.1) is 11.8 Å². The van der Waals surface area contributed by atoms with Crippen molar-refractivity contribution in [1.82, 2.24) is 31.5 Å². The van der Waals surface area contributed by atoms with E-state index in [1.54, 1.807) is 27.7 Å². The molecule has 7 unspecified atom stereocenters. The highest BCUT2D eigenvalue weighted by molar-refractivity contribution is 8.00. The van der Waals surface area contributed by atoms with Crippen LogP contribution in [0.15, 0.2) is 11.3 Å². The Morgan fingerprint density at radius 3 is 1.88 bits per heavy atom. The number of aliphatic hydroxyl groups is 1. The third-order valence-electron chi connectivity index (χ3n) is 11.1. The lowest BCUT2D eigenvalue weighted by Gasteiger charge is -2.55. The largest absolute Gasteiger partial charge is 0.480 e. The van der Waals surface area contributed by atoms with Crippen LogP contribution >= 0.6 is 11.8 Å². The summed E-state index contributed by atoms with van der Waals surface area (Å²) >= 11 is 0.995. The number of carbonyl (C=O) groups excluding carboxylic acids is 8. The van der Waals surface area contributed by atoms with Crippen molar-refractivity contribution in [3.63, 3.8) is 0 Å². The van der Waals surface area contributed by atoms with Crippen molar-refractivity contribution in [2.75, 3.05) is 32.6 Å². The van der Waals surface area contributed by atoms with Crippen LogP contribution in [0.4, 0.5) is 0 Å². The first-order chi connectivity index (χ1) is 31.8. The van der Waals surface area contributed by atoms with Crippen LogP contribution in [-0.2, 0) is 57.4 Å². The first-order valence-corrected chi connectivity index (χ1v) is 23.1. The number of fused-ring (bicyclic) bond motifs is 1. The number of aliphatic hydroxyl groups excluding tert-OH is 1. The van der Waals surface area contributed by atoms with Crippen molar-refractivity contribution in [1.29, 1.82) is 0 Å². The van der Waals surface area contributed by atoms with E-state index in [2.05, 4.69) is 26.6 Å². The average Bonchev–Trinajstić information content (AvgIpc) is 3.27. The van der Waals surface area contributed by atoms with Crippen LogP contribution in [0, 0.1) is 11.8 Å². The number of nitrogens with one attached hydrogen (secondary N) is 5. The number of thioether (sulfide) groups is 1. The van der Waals surface area contributed by atoms with Crippen LogP contribution in [0.1, 0.15) is 85.5 Å². The fourth-order valence-corrected chi connectivity index (χ4v) is 8.50. The molecule has 0 aromatic heterocycles. The van der Waals surface area contributed by atoms with E-state index in [-0.39, 0.29) is 55.9 Å². The van der Waals surface area contributed by atoms with Crippen LogP contribution < -0.4 is 55.3 Å². The summed E-state index contributed by atoms with van der Waals surface area (Å²) in [5.74, 6) is -9.95. The molecular formula is C41H69N11O15S. The molecule has 68 heavy (non-hydrogen) atoms. The van der Waals surface area contributed by atoms with E-state index in [0.29, 0.717) is 19.4 Å². The molecule has 1 saturated heterocycles. The molecular weight excluding hydrogens is 919 g/mol. The first kappa shape index (κ1) is 58.7. The summed E-state index contributed by atoms with van der Waals surface area (Å²) in [5, 5.41) is 41.8. The molecule has 384 valence electrons. The minimum atomic E-state index is -1.95. The summed E-state index contributed by atoms with van der Waals surface area (Å²) in [6.07, 6.45) is -2.19. The fourth-order valence-electron chi connectivity index (χ4n) is 7.08. The lowest BCUT2D eigenvalue weighted by atomic mass is 9.97. The molecule has 9 atom stereocenters. The Labute approximate surface area is 397 Å². The van der Waals surface area contributed by atoms with E-state index < -0.39 is 144 Å². The molecule has 0 aromatic carbocycles. The Morgan fingerprint density at radius 2 is 1.37 bits per heavy atom. The van der Waals surface area contributed by atoms with Gasteiger partial charge in [0.05, 0.1) is 30.7 Å². The number of esters is 1. The molecule has 2 heterocycles. The summed E-state index contributed by atoms with van der Waals surface area (Å²) in [4.78, 5) is 127. The summed E-state index contributed by atoms with van der Waals surface area (Å²) in [5.41, 5.74) is 25.8. The van der Waals surface area contributed by atoms with Gasteiger partial charge >= 0.3 is 17.9 Å². The number of methoxy groups -OCH3 is 1. The van der Waals surface area contributed by atoms with E-state index in [4.69, 9.17) is 43.2 Å². The Morgan fingerprint density at radius 1 is 0.809 bits per heavy atom. The van der Waals surface area contributed by atoms with Crippen molar-refractivity contribution in [3.05, 3.63) is 11.3 Å². The van der Waals surface area contributed by atoms with Crippen molar-refractivity contribution in [3.8, 4) is 0 Å². The summed E-state index contributed by atoms with van der Waals surface area (Å²) in [6.45, 7) is 6.52. The van der Waals surface area contributed by atoms with E-state index in [9.17, 15) is 58.2 Å². The number of amides is 7. The molecule has 27 heteroatoms. The number of carbonyl (C=O) groups is 10. The number of aliphatic carboxylic acids is 2. The van der Waals surface area contributed by atoms with Gasteiger partial charge in [-0.2, -0.15) is 0 Å². The minimum Gasteiger partial charge on any atom is -0.480 e.